The van der Waals surface area contributed by atoms with Crippen LogP contribution in [-0.2, 0) is 15.1 Å². The molecule has 11 heteroatoms. The van der Waals surface area contributed by atoms with Gasteiger partial charge >= 0.3 is 6.03 Å². The molecule has 2 fully saturated rings. The van der Waals surface area contributed by atoms with Crippen molar-refractivity contribution in [3.8, 4) is 11.5 Å². The van der Waals surface area contributed by atoms with Gasteiger partial charge in [0.1, 0.15) is 19.3 Å². The molecule has 0 aliphatic carbocycles. The molecule has 3 aromatic rings. The second kappa shape index (κ2) is 10.6. The Morgan fingerprint density at radius 2 is 1.42 bits per heavy atom. The second-order valence-electron chi connectivity index (χ2n) is 9.18. The maximum Gasteiger partial charge on any atom is 0.328 e. The monoisotopic (exact) mass is 622 g/mol. The van der Waals surface area contributed by atoms with E-state index < -0.39 is 23.4 Å². The highest BCUT2D eigenvalue weighted by Crippen LogP contribution is 2.34. The average molecular weight is 622 g/mol. The van der Waals surface area contributed by atoms with Gasteiger partial charge < -0.3 is 9.64 Å². The number of hydrogen-bond donors (Lipinski definition) is 2. The first-order chi connectivity index (χ1) is 18.3. The maximum absolute atomic E-state index is 13.4. The van der Waals surface area contributed by atoms with E-state index in [1.165, 1.54) is 0 Å². The highest BCUT2D eigenvalue weighted by atomic mass is 127. The van der Waals surface area contributed by atoms with E-state index in [1.54, 1.807) is 40.1 Å². The standard InChI is InChI=1S/C27H24BIN4O5/c28-19-6-10-22(11-7-19)38-21-8-4-18(5-9-21)27(24(35)30-26(37)31-25(27)36)33-14-12-32(13-15-33)23(34)17-2-1-3-20(29)16-17/h1-11,16H,12-15,28H2,(H2,30,31,35,36,37). The molecule has 0 aromatic heterocycles. The van der Waals surface area contributed by atoms with Crippen LogP contribution in [0.4, 0.5) is 4.79 Å². The van der Waals surface area contributed by atoms with E-state index in [2.05, 4.69) is 33.2 Å². The Labute approximate surface area is 234 Å². The molecular weight excluding hydrogens is 598 g/mol. The quantitative estimate of drug-likeness (QED) is 0.253. The molecule has 192 valence electrons. The van der Waals surface area contributed by atoms with Gasteiger partial charge in [0.25, 0.3) is 17.7 Å². The van der Waals surface area contributed by atoms with Crippen molar-refractivity contribution in [2.75, 3.05) is 26.2 Å². The highest BCUT2D eigenvalue weighted by Gasteiger charge is 2.56. The summed E-state index contributed by atoms with van der Waals surface area (Å²) in [6.45, 7) is 1.14. The summed E-state index contributed by atoms with van der Waals surface area (Å²) in [5.41, 5.74) is 0.323. The number of urea groups is 1. The maximum atomic E-state index is 13.4. The van der Waals surface area contributed by atoms with Crippen LogP contribution in [0.15, 0.2) is 72.8 Å². The number of hydrogen-bond acceptors (Lipinski definition) is 6. The van der Waals surface area contributed by atoms with Gasteiger partial charge in [0.05, 0.1) is 0 Å². The van der Waals surface area contributed by atoms with Crippen molar-refractivity contribution in [1.82, 2.24) is 20.4 Å². The lowest BCUT2D eigenvalue weighted by Crippen LogP contribution is -2.73. The van der Waals surface area contributed by atoms with Crippen molar-refractivity contribution in [3.63, 3.8) is 0 Å². The predicted octanol–water partition coefficient (Wildman–Crippen LogP) is 1.36. The number of nitrogens with one attached hydrogen (secondary N) is 2. The fourth-order valence-electron chi connectivity index (χ4n) is 4.81. The minimum atomic E-state index is -1.77. The summed E-state index contributed by atoms with van der Waals surface area (Å²) in [5, 5.41) is 4.52. The zero-order valence-electron chi connectivity index (χ0n) is 20.6. The minimum absolute atomic E-state index is 0.109. The number of imide groups is 2. The molecule has 2 heterocycles. The average Bonchev–Trinajstić information content (AvgIpc) is 2.90. The van der Waals surface area contributed by atoms with Crippen LogP contribution in [0.2, 0.25) is 0 Å². The molecule has 5 amide bonds. The minimum Gasteiger partial charge on any atom is -0.457 e. The van der Waals surface area contributed by atoms with Crippen LogP contribution in [0.3, 0.4) is 0 Å². The fraction of sp³-hybridized carbons (Fsp3) is 0.185. The van der Waals surface area contributed by atoms with Crippen LogP contribution in [0.25, 0.3) is 0 Å². The zero-order chi connectivity index (χ0) is 26.9. The summed E-state index contributed by atoms with van der Waals surface area (Å²) in [5.74, 6) is -0.367. The lowest BCUT2D eigenvalue weighted by atomic mass is 9.84. The van der Waals surface area contributed by atoms with Gasteiger partial charge in [-0.2, -0.15) is 0 Å². The van der Waals surface area contributed by atoms with E-state index in [0.29, 0.717) is 35.7 Å². The summed E-state index contributed by atoms with van der Waals surface area (Å²) in [4.78, 5) is 55.2. The van der Waals surface area contributed by atoms with Crippen LogP contribution in [0.1, 0.15) is 15.9 Å². The number of carbonyl (C=O) groups is 4. The largest absolute Gasteiger partial charge is 0.457 e. The Morgan fingerprint density at radius 1 is 0.842 bits per heavy atom. The lowest BCUT2D eigenvalue weighted by Gasteiger charge is -2.46. The smallest absolute Gasteiger partial charge is 0.328 e. The van der Waals surface area contributed by atoms with Crippen molar-refractivity contribution < 1.29 is 23.9 Å². The van der Waals surface area contributed by atoms with E-state index >= 15 is 0 Å². The molecule has 38 heavy (non-hydrogen) atoms. The van der Waals surface area contributed by atoms with Crippen LogP contribution in [-0.4, -0.2) is 67.6 Å². The predicted molar refractivity (Wildman–Crippen MR) is 151 cm³/mol. The van der Waals surface area contributed by atoms with Gasteiger partial charge in [-0.05, 0) is 70.6 Å². The Bertz CT molecular complexity index is 1390. The topological polar surface area (TPSA) is 108 Å². The van der Waals surface area contributed by atoms with E-state index in [0.717, 1.165) is 9.03 Å². The van der Waals surface area contributed by atoms with Gasteiger partial charge in [-0.15, -0.1) is 0 Å². The first kappa shape index (κ1) is 25.9. The van der Waals surface area contributed by atoms with Crippen LogP contribution in [0.5, 0.6) is 11.5 Å². The molecule has 3 aromatic carbocycles. The van der Waals surface area contributed by atoms with Crippen molar-refractivity contribution in [2.24, 2.45) is 0 Å². The fourth-order valence-corrected chi connectivity index (χ4v) is 5.35. The van der Waals surface area contributed by atoms with E-state index in [9.17, 15) is 19.2 Å². The zero-order valence-corrected chi connectivity index (χ0v) is 22.7. The van der Waals surface area contributed by atoms with Gasteiger partial charge in [-0.25, -0.2) is 4.79 Å². The third-order valence-corrected chi connectivity index (χ3v) is 7.42. The van der Waals surface area contributed by atoms with Gasteiger partial charge in [-0.1, -0.05) is 35.8 Å². The third kappa shape index (κ3) is 4.91. The van der Waals surface area contributed by atoms with Crippen LogP contribution in [0, 0.1) is 3.57 Å². The molecule has 0 radical (unpaired) electrons. The van der Waals surface area contributed by atoms with Crippen LogP contribution >= 0.6 is 22.6 Å². The number of amides is 5. The normalized spacial score (nSPS) is 17.5. The number of barbiturate groups is 1. The van der Waals surface area contributed by atoms with Crippen molar-refractivity contribution in [1.29, 1.82) is 0 Å². The van der Waals surface area contributed by atoms with E-state index in [-0.39, 0.29) is 19.0 Å². The number of benzene rings is 3. The highest BCUT2D eigenvalue weighted by molar-refractivity contribution is 14.1. The molecule has 9 nitrogen and oxygen atoms in total. The Morgan fingerprint density at radius 3 is 2.00 bits per heavy atom. The van der Waals surface area contributed by atoms with Gasteiger partial charge in [-0.3, -0.25) is 29.9 Å². The van der Waals surface area contributed by atoms with E-state index in [4.69, 9.17) is 4.74 Å². The van der Waals surface area contributed by atoms with Gasteiger partial charge in [0.2, 0.25) is 5.54 Å². The summed E-state index contributed by atoms with van der Waals surface area (Å²) >= 11 is 2.16. The molecule has 0 atom stereocenters. The number of rotatable bonds is 5. The molecule has 2 N–H and O–H groups in total. The first-order valence-corrected chi connectivity index (χ1v) is 13.2. The molecule has 2 aliphatic rings. The summed E-state index contributed by atoms with van der Waals surface area (Å²) in [6.07, 6.45) is 0. The number of nitrogens with zero attached hydrogens (tertiary/aromatic N) is 2. The Hall–Kier alpha value is -3.71. The molecule has 2 aliphatic heterocycles. The number of carbonyl (C=O) groups excluding carboxylic acids is 4. The summed E-state index contributed by atoms with van der Waals surface area (Å²) in [6, 6.07) is 20.8. The summed E-state index contributed by atoms with van der Waals surface area (Å²) < 4.78 is 6.86. The number of piperazine rings is 1. The lowest BCUT2D eigenvalue weighted by molar-refractivity contribution is -0.149. The molecule has 5 rings (SSSR count). The van der Waals surface area contributed by atoms with E-state index in [1.807, 2.05) is 50.3 Å². The number of ether oxygens (including phenoxy) is 1. The van der Waals surface area contributed by atoms with Gasteiger partial charge in [0.15, 0.2) is 0 Å². The van der Waals surface area contributed by atoms with Crippen molar-refractivity contribution in [3.05, 3.63) is 87.5 Å². The summed E-state index contributed by atoms with van der Waals surface area (Å²) in [7, 11) is 1.99. The van der Waals surface area contributed by atoms with Crippen molar-refractivity contribution >= 4 is 59.7 Å². The SMILES string of the molecule is Bc1ccc(Oc2ccc(C3(N4CCN(C(=O)c5cccc(I)c5)CC4)C(=O)NC(=O)NC3=O)cc2)cc1. The Kier molecular flexibility index (Phi) is 7.22. The molecular formula is C27H24BIN4O5. The van der Waals surface area contributed by atoms with Crippen molar-refractivity contribution in [2.45, 2.75) is 5.54 Å². The van der Waals surface area contributed by atoms with Crippen LogP contribution < -0.4 is 20.8 Å². The number of halogens is 1. The molecule has 0 bridgehead atoms. The molecule has 2 saturated heterocycles. The van der Waals surface area contributed by atoms with Gasteiger partial charge in [0, 0.05) is 35.3 Å². The third-order valence-electron chi connectivity index (χ3n) is 6.75. The molecule has 0 unspecified atom stereocenters. The second-order valence-corrected chi connectivity index (χ2v) is 10.4. The first-order valence-electron chi connectivity index (χ1n) is 12.1. The molecule has 0 spiro atoms. The molecule has 0 saturated carbocycles. The Balaban J connectivity index is 1.40.